The zero-order chi connectivity index (χ0) is 22.3. The summed E-state index contributed by atoms with van der Waals surface area (Å²) in [5.74, 6) is -0.935. The lowest BCUT2D eigenvalue weighted by atomic mass is 10.1. The lowest BCUT2D eigenvalue weighted by Crippen LogP contribution is -2.41. The van der Waals surface area contributed by atoms with E-state index in [9.17, 15) is 17.6 Å². The molecule has 0 heterocycles. The van der Waals surface area contributed by atoms with Gasteiger partial charge in [-0.05, 0) is 61.7 Å². The van der Waals surface area contributed by atoms with Crippen LogP contribution in [0.3, 0.4) is 0 Å². The van der Waals surface area contributed by atoms with E-state index >= 15 is 0 Å². The fourth-order valence-corrected chi connectivity index (χ4v) is 4.53. The summed E-state index contributed by atoms with van der Waals surface area (Å²) in [5.41, 5.74) is 2.74. The number of amides is 1. The first kappa shape index (κ1) is 22.5. The van der Waals surface area contributed by atoms with E-state index < -0.39 is 21.7 Å². The number of para-hydroxylation sites is 1. The van der Waals surface area contributed by atoms with Gasteiger partial charge in [0.15, 0.2) is 0 Å². The highest BCUT2D eigenvalue weighted by Crippen LogP contribution is 2.23. The van der Waals surface area contributed by atoms with Crippen LogP contribution in [0.15, 0.2) is 83.8 Å². The molecule has 0 atom stereocenters. The van der Waals surface area contributed by atoms with Crippen LogP contribution < -0.4 is 9.62 Å². The van der Waals surface area contributed by atoms with Crippen molar-refractivity contribution < 1.29 is 17.6 Å². The number of carbonyl (C=O) groups excluding carboxylic acids is 1. The zero-order valence-electron chi connectivity index (χ0n) is 17.3. The Morgan fingerprint density at radius 1 is 0.935 bits per heavy atom. The normalized spacial score (nSPS) is 11.2. The number of aryl methyl sites for hydroxylation is 2. The smallest absolute Gasteiger partial charge is 0.264 e. The van der Waals surface area contributed by atoms with Crippen LogP contribution in [0.5, 0.6) is 0 Å². The molecule has 31 heavy (non-hydrogen) atoms. The van der Waals surface area contributed by atoms with E-state index in [1.807, 2.05) is 19.1 Å². The third kappa shape index (κ3) is 6.15. The molecule has 162 valence electrons. The molecule has 0 saturated heterocycles. The molecule has 0 bridgehead atoms. The first-order valence-electron chi connectivity index (χ1n) is 10.0. The van der Waals surface area contributed by atoms with Crippen molar-refractivity contribution in [3.63, 3.8) is 0 Å². The lowest BCUT2D eigenvalue weighted by molar-refractivity contribution is -0.119. The second kappa shape index (κ2) is 10.2. The van der Waals surface area contributed by atoms with Crippen molar-refractivity contribution in [2.75, 3.05) is 17.4 Å². The van der Waals surface area contributed by atoms with Crippen molar-refractivity contribution in [3.05, 3.63) is 95.8 Å². The highest BCUT2D eigenvalue weighted by molar-refractivity contribution is 7.92. The van der Waals surface area contributed by atoms with Crippen molar-refractivity contribution in [1.29, 1.82) is 0 Å². The van der Waals surface area contributed by atoms with Gasteiger partial charge >= 0.3 is 0 Å². The van der Waals surface area contributed by atoms with Gasteiger partial charge in [-0.1, -0.05) is 48.0 Å². The molecule has 0 aliphatic rings. The number of halogens is 1. The van der Waals surface area contributed by atoms with Crippen LogP contribution in [0, 0.1) is 12.7 Å². The van der Waals surface area contributed by atoms with Gasteiger partial charge in [-0.15, -0.1) is 0 Å². The highest BCUT2D eigenvalue weighted by Gasteiger charge is 2.27. The van der Waals surface area contributed by atoms with Crippen LogP contribution in [0.2, 0.25) is 0 Å². The maximum Gasteiger partial charge on any atom is 0.264 e. The monoisotopic (exact) mass is 440 g/mol. The molecular formula is C24H25FN2O3S. The van der Waals surface area contributed by atoms with Crippen molar-refractivity contribution in [1.82, 2.24) is 5.32 Å². The number of carbonyl (C=O) groups is 1. The maximum atomic E-state index is 13.3. The Morgan fingerprint density at radius 3 is 2.23 bits per heavy atom. The molecule has 0 aliphatic carbocycles. The quantitative estimate of drug-likeness (QED) is 0.510. The molecule has 3 aromatic carbocycles. The molecular weight excluding hydrogens is 415 g/mol. The van der Waals surface area contributed by atoms with Gasteiger partial charge in [-0.3, -0.25) is 9.10 Å². The summed E-state index contributed by atoms with van der Waals surface area (Å²) in [6.07, 6.45) is 1.56. The van der Waals surface area contributed by atoms with Gasteiger partial charge < -0.3 is 5.32 Å². The number of benzene rings is 3. The molecule has 0 radical (unpaired) electrons. The van der Waals surface area contributed by atoms with E-state index in [1.165, 1.54) is 23.3 Å². The largest absolute Gasteiger partial charge is 0.355 e. The number of hydrogen-bond donors (Lipinski definition) is 1. The van der Waals surface area contributed by atoms with E-state index in [-0.39, 0.29) is 11.4 Å². The Hall–Kier alpha value is -3.19. The van der Waals surface area contributed by atoms with Gasteiger partial charge in [0.05, 0.1) is 10.6 Å². The SMILES string of the molecule is Cc1ccc(CCCNC(=O)CN(c2ccccc2)S(=O)(=O)c2ccc(F)cc2)cc1. The molecule has 0 aromatic heterocycles. The minimum Gasteiger partial charge on any atom is -0.355 e. The van der Waals surface area contributed by atoms with Crippen molar-refractivity contribution in [2.45, 2.75) is 24.7 Å². The van der Waals surface area contributed by atoms with Gasteiger partial charge in [0.2, 0.25) is 5.91 Å². The van der Waals surface area contributed by atoms with Gasteiger partial charge in [0.25, 0.3) is 10.0 Å². The van der Waals surface area contributed by atoms with E-state index in [1.54, 1.807) is 30.3 Å². The summed E-state index contributed by atoms with van der Waals surface area (Å²) in [5, 5.41) is 2.79. The number of hydrogen-bond acceptors (Lipinski definition) is 3. The number of rotatable bonds is 9. The molecule has 0 saturated carbocycles. The standard InChI is InChI=1S/C24H25FN2O3S/c1-19-9-11-20(12-10-19)6-5-17-26-24(28)18-27(22-7-3-2-4-8-22)31(29,30)23-15-13-21(25)14-16-23/h2-4,7-16H,5-6,17-18H2,1H3,(H,26,28). The second-order valence-electron chi connectivity index (χ2n) is 7.24. The maximum absolute atomic E-state index is 13.3. The molecule has 5 nitrogen and oxygen atoms in total. The predicted octanol–water partition coefficient (Wildman–Crippen LogP) is 4.08. The molecule has 0 unspecified atom stereocenters. The minimum absolute atomic E-state index is 0.0788. The van der Waals surface area contributed by atoms with Crippen LogP contribution in [0.4, 0.5) is 10.1 Å². The molecule has 0 spiro atoms. The van der Waals surface area contributed by atoms with E-state index in [0.29, 0.717) is 12.2 Å². The predicted molar refractivity (Wildman–Crippen MR) is 120 cm³/mol. The van der Waals surface area contributed by atoms with Crippen molar-refractivity contribution >= 4 is 21.6 Å². The average Bonchev–Trinajstić information content (AvgIpc) is 2.77. The lowest BCUT2D eigenvalue weighted by Gasteiger charge is -2.24. The van der Waals surface area contributed by atoms with Crippen LogP contribution in [-0.2, 0) is 21.2 Å². The topological polar surface area (TPSA) is 66.5 Å². The summed E-state index contributed by atoms with van der Waals surface area (Å²) in [7, 11) is -4.04. The summed E-state index contributed by atoms with van der Waals surface area (Å²) in [6.45, 7) is 2.10. The first-order chi connectivity index (χ1) is 14.9. The third-order valence-electron chi connectivity index (χ3n) is 4.82. The Labute approximate surface area is 182 Å². The highest BCUT2D eigenvalue weighted by atomic mass is 32.2. The fourth-order valence-electron chi connectivity index (χ4n) is 3.10. The van der Waals surface area contributed by atoms with Gasteiger partial charge in [-0.25, -0.2) is 12.8 Å². The summed E-state index contributed by atoms with van der Waals surface area (Å²) in [4.78, 5) is 12.5. The summed E-state index contributed by atoms with van der Waals surface area (Å²) >= 11 is 0. The molecule has 0 fully saturated rings. The second-order valence-corrected chi connectivity index (χ2v) is 9.10. The zero-order valence-corrected chi connectivity index (χ0v) is 18.1. The number of sulfonamides is 1. The van der Waals surface area contributed by atoms with Crippen molar-refractivity contribution in [3.8, 4) is 0 Å². The van der Waals surface area contributed by atoms with Gasteiger partial charge in [0, 0.05) is 6.54 Å². The fraction of sp³-hybridized carbons (Fsp3) is 0.208. The Bertz CT molecular complexity index is 1100. The third-order valence-corrected chi connectivity index (χ3v) is 6.61. The molecule has 3 aromatic rings. The van der Waals surface area contributed by atoms with Crippen LogP contribution in [0.1, 0.15) is 17.5 Å². The van der Waals surface area contributed by atoms with E-state index in [2.05, 4.69) is 17.4 Å². The van der Waals surface area contributed by atoms with E-state index in [4.69, 9.17) is 0 Å². The van der Waals surface area contributed by atoms with Crippen LogP contribution >= 0.6 is 0 Å². The molecule has 0 aliphatic heterocycles. The number of nitrogens with zero attached hydrogens (tertiary/aromatic N) is 1. The Kier molecular flexibility index (Phi) is 7.41. The van der Waals surface area contributed by atoms with Gasteiger partial charge in [0.1, 0.15) is 12.4 Å². The van der Waals surface area contributed by atoms with Crippen LogP contribution in [-0.4, -0.2) is 27.4 Å². The average molecular weight is 441 g/mol. The van der Waals surface area contributed by atoms with E-state index in [0.717, 1.165) is 29.3 Å². The summed E-state index contributed by atoms with van der Waals surface area (Å²) in [6, 6.07) is 21.2. The van der Waals surface area contributed by atoms with Gasteiger partial charge in [-0.2, -0.15) is 0 Å². The van der Waals surface area contributed by atoms with Crippen molar-refractivity contribution in [2.24, 2.45) is 0 Å². The number of anilines is 1. The molecule has 1 amide bonds. The number of nitrogens with one attached hydrogen (secondary N) is 1. The Morgan fingerprint density at radius 2 is 1.58 bits per heavy atom. The minimum atomic E-state index is -4.04. The Balaban J connectivity index is 1.66. The molecule has 1 N–H and O–H groups in total. The summed E-state index contributed by atoms with van der Waals surface area (Å²) < 4.78 is 40.6. The molecule has 7 heteroatoms. The first-order valence-corrected chi connectivity index (χ1v) is 11.5. The molecule has 3 rings (SSSR count). The van der Waals surface area contributed by atoms with Crippen LogP contribution in [0.25, 0.3) is 0 Å².